The number of nitrogens with two attached hydrogens (primary N) is 5. The van der Waals surface area contributed by atoms with Crippen molar-refractivity contribution in [1.82, 2.24) is 88.7 Å². The minimum absolute atomic E-state index is 0.0120. The van der Waals surface area contributed by atoms with E-state index in [1.165, 1.54) is 40.3 Å². The number of carbonyl (C=O) groups excluding carboxylic acids is 18. The summed E-state index contributed by atoms with van der Waals surface area (Å²) in [5, 5.41) is 55.0. The van der Waals surface area contributed by atoms with Gasteiger partial charge in [-0.05, 0) is 171 Å². The zero-order valence-electron chi connectivity index (χ0n) is 79.6. The highest BCUT2D eigenvalue weighted by Crippen LogP contribution is 2.30. The van der Waals surface area contributed by atoms with Crippen LogP contribution in [0.2, 0.25) is 0 Å². The number of hydrogen-bond donors (Lipinski definition) is 20. The van der Waals surface area contributed by atoms with E-state index in [1.54, 1.807) is 64.3 Å². The van der Waals surface area contributed by atoms with E-state index >= 15 is 38.0 Å². The fourth-order valence-corrected chi connectivity index (χ4v) is 19.5. The van der Waals surface area contributed by atoms with Gasteiger partial charge in [0.2, 0.25) is 106 Å². The average molecular weight is 1990 g/mol. The van der Waals surface area contributed by atoms with E-state index in [-0.39, 0.29) is 159 Å². The van der Waals surface area contributed by atoms with Crippen LogP contribution in [0.15, 0.2) is 35.3 Å². The maximum Gasteiger partial charge on any atom is 0.303 e. The zero-order valence-corrected chi connectivity index (χ0v) is 82.0. The number of aliphatic imine (C=N–C) groups is 1. The highest BCUT2D eigenvalue weighted by molar-refractivity contribution is 8.76. The molecular formula is C89H144FN23O21S3. The van der Waals surface area contributed by atoms with E-state index in [1.807, 2.05) is 6.92 Å². The van der Waals surface area contributed by atoms with Crippen molar-refractivity contribution >= 4 is 152 Å². The lowest BCUT2D eigenvalue weighted by atomic mass is 10.0. The standard InChI is InChI=1S/C89H144FN23O21S3/c1-9-10-24-60-85(131)110-38-19-28-66(110)82(128)97-51(6)73(119)108-64(47-114)80(126)107-63(44-53-22-12-11-13-23-53)79(125)109-65(81(127)105-61(26-15-17-36-92)86(132)112-40-21-30-68(112)87(133)111-39-20-29-67(111)83(129)99-55(72(93)118)31-32-70(116)117)48-137-136-42-34-59(102-76(122)58(33-41-135-8)103-84(130)69-45-54(90)46-113(69)88(134)71(50(4)5)98-52(7)115)77(123)106-62(43-49(2)3)78(124)101-57(27-18-37-96-89(94)95)74(120)100-56(75(121)104-60)25-14-16-35-91/h11-13,22-23,49-51,54-69,71,114H,9-10,14-21,24-48,91-92H2,1-8H3,(H2,93,118)(H,97,128)(H,98,115)(H,99,129)(H,100,120)(H,101,124)(H,102,122)(H,103,130)(H,104,121)(H,105,127)(H,106,123)(H,107,126)(H,108,119)(H,109,125)(H,116,117)(H4,94,95,96)/t51?,54-,55+,56+,57+,58+,59?,60+,61?,62+,63+,64+,65+,66+,67+,68+,69+,71+/m1/s1. The van der Waals surface area contributed by atoms with Gasteiger partial charge in [0.25, 0.3) is 0 Å². The Balaban J connectivity index is 1.49. The first-order valence-corrected chi connectivity index (χ1v) is 51.2. The summed E-state index contributed by atoms with van der Waals surface area (Å²) >= 11 is 1.27. The molecule has 48 heteroatoms. The number of halogens is 1. The van der Waals surface area contributed by atoms with E-state index in [9.17, 15) is 67.7 Å². The predicted molar refractivity (Wildman–Crippen MR) is 511 cm³/mol. The number of aliphatic hydroxyl groups is 1. The van der Waals surface area contributed by atoms with Gasteiger partial charge < -0.3 is 128 Å². The van der Waals surface area contributed by atoms with Crippen molar-refractivity contribution in [2.45, 2.75) is 311 Å². The van der Waals surface area contributed by atoms with E-state index in [4.69, 9.17) is 28.7 Å². The van der Waals surface area contributed by atoms with Crippen LogP contribution in [0.1, 0.15) is 202 Å². The summed E-state index contributed by atoms with van der Waals surface area (Å²) in [5.41, 5.74) is 29.3. The number of rotatable bonds is 40. The second-order valence-corrected chi connectivity index (χ2v) is 39.5. The Bertz CT molecular complexity index is 4320. The summed E-state index contributed by atoms with van der Waals surface area (Å²) in [6.45, 7) is 9.80. The molecule has 6 rings (SSSR count). The molecule has 5 aliphatic heterocycles. The normalized spacial score (nSPS) is 24.9. The van der Waals surface area contributed by atoms with Crippen LogP contribution in [-0.2, 0) is 97.5 Å². The number of carboxylic acid groups (broad SMARTS) is 1. The van der Waals surface area contributed by atoms with E-state index in [0.717, 1.165) is 26.5 Å². The number of aliphatic carboxylic acids is 1. The van der Waals surface area contributed by atoms with Crippen LogP contribution >= 0.6 is 33.3 Å². The Morgan fingerprint density at radius 2 is 1.16 bits per heavy atom. The van der Waals surface area contributed by atoms with Crippen LogP contribution in [0.4, 0.5) is 4.39 Å². The number of benzene rings is 1. The lowest BCUT2D eigenvalue weighted by molar-refractivity contribution is -0.148. The molecule has 0 aliphatic carbocycles. The Kier molecular flexibility index (Phi) is 49.4. The number of nitrogens with zero attached hydrogens (tertiary/aromatic N) is 5. The minimum Gasteiger partial charge on any atom is -0.481 e. The molecule has 1 aromatic carbocycles. The molecule has 0 saturated carbocycles. The van der Waals surface area contributed by atoms with Gasteiger partial charge in [-0.1, -0.05) is 99.4 Å². The Morgan fingerprint density at radius 3 is 1.78 bits per heavy atom. The van der Waals surface area contributed by atoms with Crippen LogP contribution < -0.4 is 97.8 Å². The van der Waals surface area contributed by atoms with Gasteiger partial charge in [-0.3, -0.25) is 96.1 Å². The summed E-state index contributed by atoms with van der Waals surface area (Å²) < 4.78 is 15.6. The van der Waals surface area contributed by atoms with Crippen molar-refractivity contribution < 1.29 is 106 Å². The molecule has 18 atom stereocenters. The number of amides is 18. The molecule has 1 aromatic rings. The number of alkyl halides is 1. The molecule has 0 radical (unpaired) electrons. The number of unbranched alkanes of at least 4 members (excludes halogenated alkanes) is 3. The smallest absolute Gasteiger partial charge is 0.303 e. The minimum atomic E-state index is -1.84. The number of hydrogen-bond acceptors (Lipinski definition) is 26. The van der Waals surface area contributed by atoms with Gasteiger partial charge in [0.05, 0.1) is 13.2 Å². The van der Waals surface area contributed by atoms with Crippen molar-refractivity contribution in [2.24, 2.45) is 45.5 Å². The number of aliphatic hydroxyl groups excluding tert-OH is 1. The van der Waals surface area contributed by atoms with Crippen LogP contribution in [0, 0.1) is 11.8 Å². The van der Waals surface area contributed by atoms with Gasteiger partial charge in [-0.2, -0.15) is 11.8 Å². The van der Waals surface area contributed by atoms with Gasteiger partial charge in [-0.15, -0.1) is 0 Å². The first-order valence-electron chi connectivity index (χ1n) is 47.3. The second-order valence-electron chi connectivity index (χ2n) is 35.9. The first kappa shape index (κ1) is 115. The van der Waals surface area contributed by atoms with Crippen molar-refractivity contribution in [2.75, 3.05) is 75.9 Å². The topological polar surface area (TPSA) is 677 Å². The number of carbonyl (C=O) groups is 19. The van der Waals surface area contributed by atoms with Crippen LogP contribution in [-0.4, -0.2) is 333 Å². The molecule has 0 aromatic heterocycles. The van der Waals surface area contributed by atoms with Crippen molar-refractivity contribution in [3.8, 4) is 0 Å². The number of carboxylic acids is 1. The summed E-state index contributed by atoms with van der Waals surface area (Å²) in [6, 6.07) is -16.5. The van der Waals surface area contributed by atoms with Crippen molar-refractivity contribution in [1.29, 1.82) is 0 Å². The molecule has 5 heterocycles. The molecule has 137 heavy (non-hydrogen) atoms. The van der Waals surface area contributed by atoms with Gasteiger partial charge in [-0.25, -0.2) is 4.39 Å². The number of nitrogens with one attached hydrogen (secondary N) is 13. The van der Waals surface area contributed by atoms with Gasteiger partial charge in [0.1, 0.15) is 109 Å². The third-order valence-electron chi connectivity index (χ3n) is 24.3. The second kappa shape index (κ2) is 58.9. The van der Waals surface area contributed by atoms with Crippen LogP contribution in [0.3, 0.4) is 0 Å². The quantitative estimate of drug-likeness (QED) is 0.0132. The predicted octanol–water partition coefficient (Wildman–Crippen LogP) is -3.43. The van der Waals surface area contributed by atoms with Gasteiger partial charge in [0.15, 0.2) is 5.96 Å². The van der Waals surface area contributed by atoms with E-state index in [0.29, 0.717) is 44.1 Å². The molecule has 766 valence electrons. The van der Waals surface area contributed by atoms with Crippen molar-refractivity contribution in [3.63, 3.8) is 0 Å². The maximum atomic E-state index is 15.6. The average Bonchev–Trinajstić information content (AvgIpc) is 1.65. The highest BCUT2D eigenvalue weighted by Gasteiger charge is 2.48. The first-order chi connectivity index (χ1) is 65.2. The monoisotopic (exact) mass is 1990 g/mol. The Morgan fingerprint density at radius 1 is 0.584 bits per heavy atom. The maximum absolute atomic E-state index is 15.6. The number of thioether (sulfide) groups is 1. The van der Waals surface area contributed by atoms with Crippen LogP contribution in [0.25, 0.3) is 0 Å². The van der Waals surface area contributed by atoms with E-state index in [2.05, 4.69) is 74.1 Å². The number of guanidine groups is 1. The number of likely N-dealkylation sites (tertiary alicyclic amines) is 3. The third kappa shape index (κ3) is 36.9. The third-order valence-corrected chi connectivity index (χ3v) is 27.3. The summed E-state index contributed by atoms with van der Waals surface area (Å²) in [5.74, 6) is -18.6. The summed E-state index contributed by atoms with van der Waals surface area (Å²) in [4.78, 5) is 283. The van der Waals surface area contributed by atoms with Gasteiger partial charge in [0, 0.05) is 63.9 Å². The molecule has 5 aliphatic rings. The highest BCUT2D eigenvalue weighted by atomic mass is 33.1. The molecule has 18 amide bonds. The van der Waals surface area contributed by atoms with Crippen LogP contribution in [0.5, 0.6) is 0 Å². The molecule has 0 spiro atoms. The molecule has 5 saturated heterocycles. The number of primary amides is 1. The Hall–Kier alpha value is -10.7. The summed E-state index contributed by atoms with van der Waals surface area (Å²) in [6.07, 6.45) is 0.894. The van der Waals surface area contributed by atoms with Gasteiger partial charge >= 0.3 is 5.97 Å². The lowest BCUT2D eigenvalue weighted by Gasteiger charge is -2.33. The molecule has 25 N–H and O–H groups in total. The zero-order chi connectivity index (χ0) is 101. The molecule has 0 bridgehead atoms. The summed E-state index contributed by atoms with van der Waals surface area (Å²) in [7, 11) is 1.91. The fourth-order valence-electron chi connectivity index (χ4n) is 16.8. The largest absolute Gasteiger partial charge is 0.481 e. The Labute approximate surface area is 810 Å². The SMILES string of the molecule is CCCC[C@@H]1NC(=O)[C@H](CCCCN)NC(=O)[C@H](CCCN=C(N)N)NC(=O)[C@H](CC(C)C)NC(=O)C(NC(=O)[C@H](CCSC)NC(=O)[C@@H]2C[C@@H](F)CN2C(=O)[C@@H](NC(C)=O)C(C)C)CCSSC[C@@H](C(=O)NC(CCCCN)C(=O)N2CCC[C@H]2C(=O)N2CCC[C@H]2C(=O)N[C@@H](CCC(=O)O)C(N)=O)NC(=O)[C@H](Cc2ccccc2)NC(=O)[C@H](CO)NC(=O)C(C)NC(=O)[C@@H]2CCCN2C1=O. The molecular weight excluding hydrogens is 1840 g/mol. The number of fused-ring (bicyclic) bond motifs is 1. The van der Waals surface area contributed by atoms with E-state index < -0.39 is 265 Å². The molecule has 3 unspecified atom stereocenters. The lowest BCUT2D eigenvalue weighted by Crippen LogP contribution is -2.61. The molecule has 5 fully saturated rings. The molecule has 44 nitrogen and oxygen atoms in total. The van der Waals surface area contributed by atoms with Crippen molar-refractivity contribution in [3.05, 3.63) is 35.9 Å². The fraction of sp³-hybridized carbons (Fsp3) is 0.708.